The molecule has 142 valence electrons. The van der Waals surface area contributed by atoms with Gasteiger partial charge in [0.05, 0.1) is 29.5 Å². The van der Waals surface area contributed by atoms with Gasteiger partial charge in [-0.25, -0.2) is 9.97 Å². The highest BCUT2D eigenvalue weighted by Gasteiger charge is 2.10. The van der Waals surface area contributed by atoms with E-state index in [1.54, 1.807) is 31.3 Å². The number of nitrogens with zero attached hydrogens (tertiary/aromatic N) is 2. The molecule has 0 spiro atoms. The van der Waals surface area contributed by atoms with Crippen molar-refractivity contribution < 1.29 is 13.9 Å². The van der Waals surface area contributed by atoms with E-state index in [9.17, 15) is 4.79 Å². The van der Waals surface area contributed by atoms with E-state index in [1.165, 1.54) is 11.3 Å². The van der Waals surface area contributed by atoms with Crippen molar-refractivity contribution in [1.29, 1.82) is 0 Å². The van der Waals surface area contributed by atoms with Crippen LogP contribution in [0, 0.1) is 0 Å². The molecule has 2 aromatic heterocycles. The fourth-order valence-electron chi connectivity index (χ4n) is 2.43. The Morgan fingerprint density at radius 2 is 2.15 bits per heavy atom. The summed E-state index contributed by atoms with van der Waals surface area (Å²) in [5.74, 6) is 2.97. The van der Waals surface area contributed by atoms with Crippen LogP contribution in [0.3, 0.4) is 0 Å². The molecule has 1 amide bonds. The van der Waals surface area contributed by atoms with Crippen LogP contribution in [-0.2, 0) is 23.4 Å². The first-order chi connectivity index (χ1) is 13.2. The molecule has 0 saturated carbocycles. The molecule has 0 radical (unpaired) electrons. The van der Waals surface area contributed by atoms with Crippen molar-refractivity contribution in [2.45, 2.75) is 36.1 Å². The summed E-state index contributed by atoms with van der Waals surface area (Å²) in [6, 6.07) is 7.72. The fourth-order valence-corrected chi connectivity index (χ4v) is 4.18. The number of hydrogen-bond acceptors (Lipinski definition) is 7. The molecule has 8 heteroatoms. The Morgan fingerprint density at radius 1 is 1.30 bits per heavy atom. The molecule has 0 aliphatic carbocycles. The van der Waals surface area contributed by atoms with Crippen LogP contribution in [0.5, 0.6) is 5.75 Å². The molecule has 0 aliphatic rings. The summed E-state index contributed by atoms with van der Waals surface area (Å²) in [7, 11) is 1.63. The Morgan fingerprint density at radius 3 is 2.93 bits per heavy atom. The van der Waals surface area contributed by atoms with E-state index in [0.29, 0.717) is 29.6 Å². The average Bonchev–Trinajstić information content (AvgIpc) is 3.34. The van der Waals surface area contributed by atoms with Gasteiger partial charge in [0.15, 0.2) is 5.13 Å². The van der Waals surface area contributed by atoms with E-state index in [2.05, 4.69) is 15.3 Å². The number of nitrogens with one attached hydrogen (secondary N) is 1. The summed E-state index contributed by atoms with van der Waals surface area (Å²) < 4.78 is 11.9. The SMILES string of the molecule is CCc1cnc(CSc2cnc(NC(=O)CCc3ccccc3OC)s2)o1. The third kappa shape index (κ3) is 5.58. The van der Waals surface area contributed by atoms with E-state index in [1.807, 2.05) is 31.2 Å². The number of ether oxygens (including phenoxy) is 1. The van der Waals surface area contributed by atoms with E-state index in [-0.39, 0.29) is 5.91 Å². The van der Waals surface area contributed by atoms with Gasteiger partial charge in [-0.05, 0) is 18.1 Å². The molecule has 27 heavy (non-hydrogen) atoms. The van der Waals surface area contributed by atoms with Gasteiger partial charge in [-0.1, -0.05) is 36.5 Å². The van der Waals surface area contributed by atoms with E-state index in [4.69, 9.17) is 9.15 Å². The average molecular weight is 404 g/mol. The monoisotopic (exact) mass is 403 g/mol. The smallest absolute Gasteiger partial charge is 0.226 e. The van der Waals surface area contributed by atoms with Crippen LogP contribution in [0.15, 0.2) is 45.3 Å². The van der Waals surface area contributed by atoms with Gasteiger partial charge in [0.1, 0.15) is 11.5 Å². The van der Waals surface area contributed by atoms with Crippen molar-refractivity contribution in [1.82, 2.24) is 9.97 Å². The molecule has 2 heterocycles. The van der Waals surface area contributed by atoms with Crippen molar-refractivity contribution in [3.8, 4) is 5.75 Å². The quantitative estimate of drug-likeness (QED) is 0.528. The molecular formula is C19H21N3O3S2. The summed E-state index contributed by atoms with van der Waals surface area (Å²) in [5.41, 5.74) is 1.02. The third-order valence-electron chi connectivity index (χ3n) is 3.83. The Bertz CT molecular complexity index is 892. The van der Waals surface area contributed by atoms with Crippen molar-refractivity contribution in [3.63, 3.8) is 0 Å². The first-order valence-electron chi connectivity index (χ1n) is 8.62. The molecule has 1 N–H and O–H groups in total. The summed E-state index contributed by atoms with van der Waals surface area (Å²) in [6.45, 7) is 2.03. The van der Waals surface area contributed by atoms with Gasteiger partial charge in [0, 0.05) is 12.8 Å². The molecule has 0 atom stereocenters. The minimum atomic E-state index is -0.0629. The molecule has 1 aromatic carbocycles. The van der Waals surface area contributed by atoms with Crippen molar-refractivity contribution in [2.24, 2.45) is 0 Å². The van der Waals surface area contributed by atoms with Crippen LogP contribution >= 0.6 is 23.1 Å². The predicted octanol–water partition coefficient (Wildman–Crippen LogP) is 4.57. The van der Waals surface area contributed by atoms with Gasteiger partial charge in [-0.15, -0.1) is 11.8 Å². The van der Waals surface area contributed by atoms with Gasteiger partial charge in [-0.2, -0.15) is 0 Å². The first kappa shape index (κ1) is 19.4. The number of benzene rings is 1. The Hall–Kier alpha value is -2.32. The zero-order valence-corrected chi connectivity index (χ0v) is 16.9. The fraction of sp³-hybridized carbons (Fsp3) is 0.316. The highest BCUT2D eigenvalue weighted by molar-refractivity contribution is 8.00. The minimum absolute atomic E-state index is 0.0629. The predicted molar refractivity (Wildman–Crippen MR) is 108 cm³/mol. The van der Waals surface area contributed by atoms with Crippen molar-refractivity contribution in [2.75, 3.05) is 12.4 Å². The third-order valence-corrected chi connectivity index (χ3v) is 5.92. The minimum Gasteiger partial charge on any atom is -0.496 e. The number of aromatic nitrogens is 2. The van der Waals surface area contributed by atoms with Crippen LogP contribution < -0.4 is 10.1 Å². The summed E-state index contributed by atoms with van der Waals surface area (Å²) >= 11 is 3.04. The zero-order chi connectivity index (χ0) is 19.1. The number of oxazole rings is 1. The van der Waals surface area contributed by atoms with E-state index in [0.717, 1.165) is 27.7 Å². The topological polar surface area (TPSA) is 77.2 Å². The summed E-state index contributed by atoms with van der Waals surface area (Å²) in [4.78, 5) is 20.7. The summed E-state index contributed by atoms with van der Waals surface area (Å²) in [6.07, 6.45) is 5.35. The number of anilines is 1. The van der Waals surface area contributed by atoms with Crippen LogP contribution in [-0.4, -0.2) is 23.0 Å². The lowest BCUT2D eigenvalue weighted by atomic mass is 10.1. The van der Waals surface area contributed by atoms with Gasteiger partial charge < -0.3 is 14.5 Å². The number of para-hydroxylation sites is 1. The van der Waals surface area contributed by atoms with E-state index >= 15 is 0 Å². The Kier molecular flexibility index (Phi) is 6.89. The van der Waals surface area contributed by atoms with Gasteiger partial charge in [0.2, 0.25) is 11.8 Å². The maximum Gasteiger partial charge on any atom is 0.226 e. The van der Waals surface area contributed by atoms with Crippen LogP contribution in [0.1, 0.15) is 30.6 Å². The number of rotatable bonds is 9. The first-order valence-corrected chi connectivity index (χ1v) is 10.4. The molecule has 3 aromatic rings. The standard InChI is InChI=1S/C19H21N3O3S2/c1-3-14-10-20-17(25-14)12-26-18-11-21-19(27-18)22-16(23)9-8-13-6-4-5-7-15(13)24-2/h4-7,10-11H,3,8-9,12H2,1-2H3,(H,21,22,23). The zero-order valence-electron chi connectivity index (χ0n) is 15.2. The molecular weight excluding hydrogens is 382 g/mol. The number of carbonyl (C=O) groups is 1. The van der Waals surface area contributed by atoms with E-state index < -0.39 is 0 Å². The van der Waals surface area contributed by atoms with Crippen molar-refractivity contribution in [3.05, 3.63) is 53.9 Å². The number of aryl methyl sites for hydroxylation is 2. The lowest BCUT2D eigenvalue weighted by Crippen LogP contribution is -2.12. The van der Waals surface area contributed by atoms with Gasteiger partial charge >= 0.3 is 0 Å². The number of methoxy groups -OCH3 is 1. The second-order valence-electron chi connectivity index (χ2n) is 5.71. The highest BCUT2D eigenvalue weighted by atomic mass is 32.2. The van der Waals surface area contributed by atoms with Crippen LogP contribution in [0.4, 0.5) is 5.13 Å². The van der Waals surface area contributed by atoms with Gasteiger partial charge in [0.25, 0.3) is 0 Å². The highest BCUT2D eigenvalue weighted by Crippen LogP contribution is 2.30. The second kappa shape index (κ2) is 9.57. The number of thiazole rings is 1. The second-order valence-corrected chi connectivity index (χ2v) is 8.01. The van der Waals surface area contributed by atoms with Crippen LogP contribution in [0.25, 0.3) is 0 Å². The number of amides is 1. The largest absolute Gasteiger partial charge is 0.496 e. The number of hydrogen-bond donors (Lipinski definition) is 1. The maximum absolute atomic E-state index is 12.2. The molecule has 0 bridgehead atoms. The normalized spacial score (nSPS) is 10.7. The molecule has 3 rings (SSSR count). The van der Waals surface area contributed by atoms with Gasteiger partial charge in [-0.3, -0.25) is 4.79 Å². The Balaban J connectivity index is 1.47. The molecule has 0 fully saturated rings. The lowest BCUT2D eigenvalue weighted by Gasteiger charge is -2.07. The Labute approximate surface area is 166 Å². The molecule has 0 saturated heterocycles. The molecule has 0 aliphatic heterocycles. The molecule has 0 unspecified atom stereocenters. The maximum atomic E-state index is 12.2. The lowest BCUT2D eigenvalue weighted by molar-refractivity contribution is -0.116. The van der Waals surface area contributed by atoms with Crippen molar-refractivity contribution >= 4 is 34.1 Å². The number of carbonyl (C=O) groups excluding carboxylic acids is 1. The number of thioether (sulfide) groups is 1. The van der Waals surface area contributed by atoms with Crippen LogP contribution in [0.2, 0.25) is 0 Å². The summed E-state index contributed by atoms with van der Waals surface area (Å²) in [5, 5.41) is 3.46. The molecule has 6 nitrogen and oxygen atoms in total.